The summed E-state index contributed by atoms with van der Waals surface area (Å²) in [6.45, 7) is 1.82. The molecule has 0 aliphatic rings. The molecule has 2 amide bonds. The molecule has 0 atom stereocenters. The predicted molar refractivity (Wildman–Crippen MR) is 103 cm³/mol. The van der Waals surface area contributed by atoms with E-state index < -0.39 is 10.0 Å². The Balaban J connectivity index is 1.92. The first-order valence-corrected chi connectivity index (χ1v) is 9.92. The van der Waals surface area contributed by atoms with Crippen LogP contribution in [-0.2, 0) is 26.2 Å². The Morgan fingerprint density at radius 2 is 1.63 bits per heavy atom. The van der Waals surface area contributed by atoms with Gasteiger partial charge in [-0.15, -0.1) is 0 Å². The largest absolute Gasteiger partial charge is 0.342 e. The Bertz CT molecular complexity index is 898. The van der Waals surface area contributed by atoms with Gasteiger partial charge in [0.25, 0.3) is 0 Å². The molecule has 0 heterocycles. The summed E-state index contributed by atoms with van der Waals surface area (Å²) in [7, 11) is -1.96. The number of amides is 2. The minimum Gasteiger partial charge on any atom is -0.342 e. The van der Waals surface area contributed by atoms with E-state index in [0.29, 0.717) is 12.2 Å². The van der Waals surface area contributed by atoms with Crippen LogP contribution in [0.15, 0.2) is 59.5 Å². The van der Waals surface area contributed by atoms with Crippen LogP contribution in [0.2, 0.25) is 0 Å². The molecule has 2 aromatic rings. The average molecular weight is 389 g/mol. The van der Waals surface area contributed by atoms with Crippen molar-refractivity contribution < 1.29 is 18.0 Å². The van der Waals surface area contributed by atoms with Crippen molar-refractivity contribution in [1.82, 2.24) is 9.62 Å². The molecule has 0 radical (unpaired) electrons. The zero-order valence-electron chi connectivity index (χ0n) is 15.3. The highest BCUT2D eigenvalue weighted by atomic mass is 32.2. The number of hydrogen-bond acceptors (Lipinski definition) is 4. The summed E-state index contributed by atoms with van der Waals surface area (Å²) in [6.07, 6.45) is -0.0110. The second-order valence-corrected chi connectivity index (χ2v) is 7.81. The van der Waals surface area contributed by atoms with Crippen molar-refractivity contribution in [2.24, 2.45) is 0 Å². The van der Waals surface area contributed by atoms with E-state index in [1.54, 1.807) is 42.3 Å². The first kappa shape index (κ1) is 20.6. The first-order chi connectivity index (χ1) is 12.8. The molecule has 0 aromatic heterocycles. The average Bonchev–Trinajstić information content (AvgIpc) is 2.63. The van der Waals surface area contributed by atoms with Crippen LogP contribution < -0.4 is 10.0 Å². The third kappa shape index (κ3) is 6.19. The predicted octanol–water partition coefficient (Wildman–Crippen LogP) is 1.97. The maximum Gasteiger partial charge on any atom is 0.240 e. The lowest BCUT2D eigenvalue weighted by molar-refractivity contribution is -0.128. The number of benzene rings is 2. The van der Waals surface area contributed by atoms with E-state index >= 15 is 0 Å². The number of nitrogens with zero attached hydrogens (tertiary/aromatic N) is 1. The molecular weight excluding hydrogens is 366 g/mol. The molecule has 0 spiro atoms. The SMILES string of the molecule is CC(=O)N(C)Cc1ccccc1NC(=O)CCNS(=O)(=O)c1ccccc1. The summed E-state index contributed by atoms with van der Waals surface area (Å²) in [5.74, 6) is -0.393. The zero-order chi connectivity index (χ0) is 19.9. The summed E-state index contributed by atoms with van der Waals surface area (Å²) in [5, 5.41) is 2.77. The molecule has 8 heteroatoms. The number of hydrogen-bond donors (Lipinski definition) is 2. The summed E-state index contributed by atoms with van der Waals surface area (Å²) in [4.78, 5) is 25.3. The molecule has 0 unspecified atom stereocenters. The van der Waals surface area contributed by atoms with Gasteiger partial charge in [-0.1, -0.05) is 36.4 Å². The van der Waals surface area contributed by atoms with Gasteiger partial charge in [0.05, 0.1) is 4.90 Å². The molecule has 27 heavy (non-hydrogen) atoms. The number of sulfonamides is 1. The maximum atomic E-state index is 12.2. The number of nitrogens with one attached hydrogen (secondary N) is 2. The fourth-order valence-corrected chi connectivity index (χ4v) is 3.39. The topological polar surface area (TPSA) is 95.6 Å². The van der Waals surface area contributed by atoms with E-state index in [0.717, 1.165) is 5.56 Å². The summed E-state index contributed by atoms with van der Waals surface area (Å²) < 4.78 is 26.7. The fourth-order valence-electron chi connectivity index (χ4n) is 2.34. The number of para-hydroxylation sites is 1. The molecule has 0 fully saturated rings. The monoisotopic (exact) mass is 389 g/mol. The Labute approximate surface area is 159 Å². The van der Waals surface area contributed by atoms with Crippen LogP contribution in [0.25, 0.3) is 0 Å². The van der Waals surface area contributed by atoms with Gasteiger partial charge in [-0.3, -0.25) is 9.59 Å². The molecule has 144 valence electrons. The lowest BCUT2D eigenvalue weighted by Crippen LogP contribution is -2.28. The molecule has 2 rings (SSSR count). The maximum absolute atomic E-state index is 12.2. The number of carbonyl (C=O) groups is 2. The van der Waals surface area contributed by atoms with E-state index in [4.69, 9.17) is 0 Å². The molecule has 0 saturated carbocycles. The van der Waals surface area contributed by atoms with Gasteiger partial charge in [-0.2, -0.15) is 0 Å². The second-order valence-electron chi connectivity index (χ2n) is 6.04. The van der Waals surface area contributed by atoms with E-state index in [1.165, 1.54) is 19.1 Å². The smallest absolute Gasteiger partial charge is 0.240 e. The number of anilines is 1. The summed E-state index contributed by atoms with van der Waals surface area (Å²) in [6, 6.07) is 15.2. The van der Waals surface area contributed by atoms with E-state index in [-0.39, 0.29) is 29.7 Å². The summed E-state index contributed by atoms with van der Waals surface area (Å²) in [5.41, 5.74) is 1.40. The van der Waals surface area contributed by atoms with Crippen molar-refractivity contribution in [3.05, 3.63) is 60.2 Å². The van der Waals surface area contributed by atoms with Crippen molar-refractivity contribution >= 4 is 27.5 Å². The van der Waals surface area contributed by atoms with Crippen LogP contribution in [0.4, 0.5) is 5.69 Å². The van der Waals surface area contributed by atoms with Gasteiger partial charge in [0, 0.05) is 39.2 Å². The van der Waals surface area contributed by atoms with Crippen LogP contribution in [0.5, 0.6) is 0 Å². The highest BCUT2D eigenvalue weighted by Crippen LogP contribution is 2.17. The van der Waals surface area contributed by atoms with Gasteiger partial charge in [-0.25, -0.2) is 13.1 Å². The van der Waals surface area contributed by atoms with E-state index in [2.05, 4.69) is 10.0 Å². The van der Waals surface area contributed by atoms with Crippen LogP contribution in [0, 0.1) is 0 Å². The van der Waals surface area contributed by atoms with Crippen LogP contribution in [-0.4, -0.2) is 38.7 Å². The van der Waals surface area contributed by atoms with Gasteiger partial charge in [0.15, 0.2) is 0 Å². The van der Waals surface area contributed by atoms with E-state index in [9.17, 15) is 18.0 Å². The molecule has 2 N–H and O–H groups in total. The zero-order valence-corrected chi connectivity index (χ0v) is 16.1. The Kier molecular flexibility index (Phi) is 7.09. The van der Waals surface area contributed by atoms with Gasteiger partial charge in [0.1, 0.15) is 0 Å². The van der Waals surface area contributed by atoms with Crippen molar-refractivity contribution in [1.29, 1.82) is 0 Å². The van der Waals surface area contributed by atoms with Gasteiger partial charge in [0.2, 0.25) is 21.8 Å². The van der Waals surface area contributed by atoms with Gasteiger partial charge in [-0.05, 0) is 23.8 Å². The van der Waals surface area contributed by atoms with Crippen molar-refractivity contribution in [2.45, 2.75) is 24.8 Å². The van der Waals surface area contributed by atoms with Crippen molar-refractivity contribution in [3.63, 3.8) is 0 Å². The van der Waals surface area contributed by atoms with Gasteiger partial charge < -0.3 is 10.2 Å². The minimum absolute atomic E-state index is 0.0110. The minimum atomic E-state index is -3.64. The molecule has 7 nitrogen and oxygen atoms in total. The number of rotatable bonds is 8. The Morgan fingerprint density at radius 1 is 1.00 bits per heavy atom. The Morgan fingerprint density at radius 3 is 2.30 bits per heavy atom. The third-order valence-corrected chi connectivity index (χ3v) is 5.41. The number of carbonyl (C=O) groups excluding carboxylic acids is 2. The molecule has 2 aromatic carbocycles. The quantitative estimate of drug-likeness (QED) is 0.722. The molecule has 0 bridgehead atoms. The third-order valence-electron chi connectivity index (χ3n) is 3.93. The molecule has 0 saturated heterocycles. The van der Waals surface area contributed by atoms with Crippen LogP contribution >= 0.6 is 0 Å². The highest BCUT2D eigenvalue weighted by molar-refractivity contribution is 7.89. The second kappa shape index (κ2) is 9.29. The standard InChI is InChI=1S/C19H23N3O4S/c1-15(23)22(2)14-16-8-6-7-11-18(16)21-19(24)12-13-20-27(25,26)17-9-4-3-5-10-17/h3-11,20H,12-14H2,1-2H3,(H,21,24). The van der Waals surface area contributed by atoms with E-state index in [1.807, 2.05) is 12.1 Å². The highest BCUT2D eigenvalue weighted by Gasteiger charge is 2.14. The lowest BCUT2D eigenvalue weighted by atomic mass is 10.1. The van der Waals surface area contributed by atoms with Gasteiger partial charge >= 0.3 is 0 Å². The molecular formula is C19H23N3O4S. The van der Waals surface area contributed by atoms with Crippen LogP contribution in [0.1, 0.15) is 18.9 Å². The molecule has 0 aliphatic heterocycles. The normalized spacial score (nSPS) is 11.0. The lowest BCUT2D eigenvalue weighted by Gasteiger charge is -2.18. The van der Waals surface area contributed by atoms with Crippen molar-refractivity contribution in [2.75, 3.05) is 18.9 Å². The van der Waals surface area contributed by atoms with Crippen LogP contribution in [0.3, 0.4) is 0 Å². The fraction of sp³-hybridized carbons (Fsp3) is 0.263. The molecule has 0 aliphatic carbocycles. The van der Waals surface area contributed by atoms with Crippen molar-refractivity contribution in [3.8, 4) is 0 Å². The first-order valence-electron chi connectivity index (χ1n) is 8.44. The summed E-state index contributed by atoms with van der Waals surface area (Å²) >= 11 is 0. The Hall–Kier alpha value is -2.71.